The summed E-state index contributed by atoms with van der Waals surface area (Å²) in [4.78, 5) is 0. The second-order valence-corrected chi connectivity index (χ2v) is 5.37. The molecule has 0 fully saturated rings. The molecular formula is C14H22BrN. The Labute approximate surface area is 108 Å². The molecule has 0 bridgehead atoms. The van der Waals surface area contributed by atoms with E-state index in [4.69, 9.17) is 0 Å². The van der Waals surface area contributed by atoms with Gasteiger partial charge < -0.3 is 5.32 Å². The molecule has 1 rings (SSSR count). The van der Waals surface area contributed by atoms with Crippen LogP contribution in [-0.2, 0) is 6.42 Å². The minimum Gasteiger partial charge on any atom is -0.314 e. The summed E-state index contributed by atoms with van der Waals surface area (Å²) in [5.74, 6) is 0.658. The van der Waals surface area contributed by atoms with Gasteiger partial charge in [-0.2, -0.15) is 0 Å². The van der Waals surface area contributed by atoms with E-state index in [0.29, 0.717) is 12.0 Å². The molecular weight excluding hydrogens is 262 g/mol. The molecule has 0 radical (unpaired) electrons. The van der Waals surface area contributed by atoms with Gasteiger partial charge in [-0.15, -0.1) is 0 Å². The molecule has 1 nitrogen and oxygen atoms in total. The lowest BCUT2D eigenvalue weighted by Crippen LogP contribution is -2.33. The summed E-state index contributed by atoms with van der Waals surface area (Å²) in [7, 11) is 0. The molecule has 1 aromatic carbocycles. The van der Waals surface area contributed by atoms with E-state index in [1.54, 1.807) is 0 Å². The summed E-state index contributed by atoms with van der Waals surface area (Å²) in [5.41, 5.74) is 1.40. The van der Waals surface area contributed by atoms with Crippen molar-refractivity contribution in [1.29, 1.82) is 0 Å². The van der Waals surface area contributed by atoms with Gasteiger partial charge in [-0.25, -0.2) is 0 Å². The van der Waals surface area contributed by atoms with Crippen molar-refractivity contribution in [3.05, 3.63) is 34.3 Å². The zero-order chi connectivity index (χ0) is 12.0. The molecule has 16 heavy (non-hydrogen) atoms. The highest BCUT2D eigenvalue weighted by Crippen LogP contribution is 2.20. The molecule has 0 aliphatic rings. The fourth-order valence-electron chi connectivity index (χ4n) is 1.76. The summed E-state index contributed by atoms with van der Waals surface area (Å²) in [6.45, 7) is 7.91. The lowest BCUT2D eigenvalue weighted by atomic mass is 9.95. The fourth-order valence-corrected chi connectivity index (χ4v) is 2.21. The van der Waals surface area contributed by atoms with E-state index in [-0.39, 0.29) is 0 Å². The van der Waals surface area contributed by atoms with Crippen LogP contribution in [0.2, 0.25) is 0 Å². The summed E-state index contributed by atoms with van der Waals surface area (Å²) >= 11 is 3.61. The highest BCUT2D eigenvalue weighted by molar-refractivity contribution is 9.10. The van der Waals surface area contributed by atoms with Gasteiger partial charge in [0.25, 0.3) is 0 Å². The van der Waals surface area contributed by atoms with E-state index in [2.05, 4.69) is 66.3 Å². The van der Waals surface area contributed by atoms with Gasteiger partial charge in [0.15, 0.2) is 0 Å². The van der Waals surface area contributed by atoms with Gasteiger partial charge in [0, 0.05) is 10.5 Å². The van der Waals surface area contributed by atoms with Gasteiger partial charge >= 0.3 is 0 Å². The predicted molar refractivity (Wildman–Crippen MR) is 74.8 cm³/mol. The van der Waals surface area contributed by atoms with Gasteiger partial charge in [-0.05, 0) is 43.9 Å². The molecule has 2 heteroatoms. The summed E-state index contributed by atoms with van der Waals surface area (Å²) in [5, 5.41) is 3.56. The van der Waals surface area contributed by atoms with Gasteiger partial charge in [-0.1, -0.05) is 48.0 Å². The van der Waals surface area contributed by atoms with Gasteiger partial charge in [0.2, 0.25) is 0 Å². The van der Waals surface area contributed by atoms with Crippen molar-refractivity contribution in [2.75, 3.05) is 6.54 Å². The molecule has 0 saturated carbocycles. The summed E-state index contributed by atoms with van der Waals surface area (Å²) in [6, 6.07) is 9.07. The third-order valence-electron chi connectivity index (χ3n) is 3.07. The van der Waals surface area contributed by atoms with E-state index in [1.807, 2.05) is 0 Å². The highest BCUT2D eigenvalue weighted by atomic mass is 79.9. The first kappa shape index (κ1) is 13.7. The van der Waals surface area contributed by atoms with E-state index in [9.17, 15) is 0 Å². The van der Waals surface area contributed by atoms with Crippen LogP contribution in [0.5, 0.6) is 0 Å². The molecule has 2 unspecified atom stereocenters. The lowest BCUT2D eigenvalue weighted by Gasteiger charge is -2.21. The molecule has 1 N–H and O–H groups in total. The van der Waals surface area contributed by atoms with Crippen molar-refractivity contribution < 1.29 is 0 Å². The summed E-state index contributed by atoms with van der Waals surface area (Å²) in [6.07, 6.45) is 2.32. The monoisotopic (exact) mass is 283 g/mol. The number of nitrogens with one attached hydrogen (secondary N) is 1. The maximum absolute atomic E-state index is 3.61. The van der Waals surface area contributed by atoms with Crippen LogP contribution in [0, 0.1) is 5.92 Å². The van der Waals surface area contributed by atoms with Crippen molar-refractivity contribution in [3.8, 4) is 0 Å². The number of benzene rings is 1. The first-order valence-corrected chi connectivity index (χ1v) is 6.91. The topological polar surface area (TPSA) is 12.0 Å². The van der Waals surface area contributed by atoms with E-state index in [0.717, 1.165) is 13.0 Å². The van der Waals surface area contributed by atoms with E-state index in [1.165, 1.54) is 16.5 Å². The maximum Gasteiger partial charge on any atom is 0.0207 e. The van der Waals surface area contributed by atoms with E-state index >= 15 is 0 Å². The molecule has 90 valence electrons. The second kappa shape index (κ2) is 7.08. The Morgan fingerprint density at radius 2 is 1.94 bits per heavy atom. The lowest BCUT2D eigenvalue weighted by molar-refractivity contribution is 0.398. The van der Waals surface area contributed by atoms with Gasteiger partial charge in [0.05, 0.1) is 0 Å². The van der Waals surface area contributed by atoms with Crippen molar-refractivity contribution >= 4 is 15.9 Å². The maximum atomic E-state index is 3.61. The first-order chi connectivity index (χ1) is 7.65. The Balaban J connectivity index is 2.50. The third-order valence-corrected chi connectivity index (χ3v) is 3.84. The Morgan fingerprint density at radius 1 is 1.25 bits per heavy atom. The normalized spacial score (nSPS) is 14.8. The van der Waals surface area contributed by atoms with Crippen molar-refractivity contribution in [3.63, 3.8) is 0 Å². The van der Waals surface area contributed by atoms with Crippen LogP contribution in [0.25, 0.3) is 0 Å². The van der Waals surface area contributed by atoms with Crippen LogP contribution in [0.15, 0.2) is 28.7 Å². The SMILES string of the molecule is CCCNC(C)C(C)Cc1ccccc1Br. The molecule has 0 aliphatic carbocycles. The minimum absolute atomic E-state index is 0.576. The number of hydrogen-bond acceptors (Lipinski definition) is 1. The zero-order valence-corrected chi connectivity index (χ0v) is 12.0. The second-order valence-electron chi connectivity index (χ2n) is 4.52. The standard InChI is InChI=1S/C14H22BrN/c1-4-9-16-12(3)11(2)10-13-7-5-6-8-14(13)15/h5-8,11-12,16H,4,9-10H2,1-3H3. The molecule has 0 saturated heterocycles. The Kier molecular flexibility index (Phi) is 6.07. The average Bonchev–Trinajstić information content (AvgIpc) is 2.28. The van der Waals surface area contributed by atoms with Crippen LogP contribution in [0.1, 0.15) is 32.8 Å². The largest absolute Gasteiger partial charge is 0.314 e. The predicted octanol–water partition coefficient (Wildman–Crippen LogP) is 4.02. The molecule has 0 amide bonds. The number of rotatable bonds is 6. The van der Waals surface area contributed by atoms with E-state index < -0.39 is 0 Å². The Bertz CT molecular complexity index is 311. The van der Waals surface area contributed by atoms with Crippen molar-refractivity contribution in [2.24, 2.45) is 5.92 Å². The average molecular weight is 284 g/mol. The van der Waals surface area contributed by atoms with Gasteiger partial charge in [0.1, 0.15) is 0 Å². The van der Waals surface area contributed by atoms with Crippen LogP contribution >= 0.6 is 15.9 Å². The smallest absolute Gasteiger partial charge is 0.0207 e. The molecule has 0 aromatic heterocycles. The quantitative estimate of drug-likeness (QED) is 0.832. The fraction of sp³-hybridized carbons (Fsp3) is 0.571. The van der Waals surface area contributed by atoms with Crippen LogP contribution < -0.4 is 5.32 Å². The Morgan fingerprint density at radius 3 is 2.56 bits per heavy atom. The van der Waals surface area contributed by atoms with Crippen molar-refractivity contribution in [2.45, 2.75) is 39.7 Å². The zero-order valence-electron chi connectivity index (χ0n) is 10.5. The van der Waals surface area contributed by atoms with Crippen molar-refractivity contribution in [1.82, 2.24) is 5.32 Å². The third kappa shape index (κ3) is 4.26. The first-order valence-electron chi connectivity index (χ1n) is 6.12. The molecule has 2 atom stereocenters. The molecule has 0 aliphatic heterocycles. The number of hydrogen-bond donors (Lipinski definition) is 1. The van der Waals surface area contributed by atoms with Gasteiger partial charge in [-0.3, -0.25) is 0 Å². The Hall–Kier alpha value is -0.340. The van der Waals surface area contributed by atoms with Crippen LogP contribution in [0.3, 0.4) is 0 Å². The molecule has 0 spiro atoms. The molecule has 0 heterocycles. The van der Waals surface area contributed by atoms with Crippen LogP contribution in [-0.4, -0.2) is 12.6 Å². The minimum atomic E-state index is 0.576. The van der Waals surface area contributed by atoms with Crippen LogP contribution in [0.4, 0.5) is 0 Å². The molecule has 1 aromatic rings. The number of halogens is 1. The summed E-state index contributed by atoms with van der Waals surface area (Å²) < 4.78 is 1.23. The highest BCUT2D eigenvalue weighted by Gasteiger charge is 2.12.